The van der Waals surface area contributed by atoms with E-state index in [-0.39, 0.29) is 98.0 Å². The fourth-order valence-electron chi connectivity index (χ4n) is 11.9. The molecule has 13 heteroatoms. The van der Waals surface area contributed by atoms with Crippen molar-refractivity contribution in [2.24, 2.45) is 11.8 Å². The van der Waals surface area contributed by atoms with Gasteiger partial charge in [0.05, 0.1) is 79.7 Å². The summed E-state index contributed by atoms with van der Waals surface area (Å²) in [6, 6.07) is 0. The quantitative estimate of drug-likeness (QED) is 0.312. The van der Waals surface area contributed by atoms with Gasteiger partial charge in [-0.1, -0.05) is 27.0 Å². The lowest BCUT2D eigenvalue weighted by atomic mass is 9.79. The number of fused-ring (bicyclic) bond motifs is 7. The van der Waals surface area contributed by atoms with Gasteiger partial charge in [0.15, 0.2) is 5.79 Å². The Morgan fingerprint density at radius 2 is 1.42 bits per heavy atom. The highest BCUT2D eigenvalue weighted by Gasteiger charge is 2.69. The van der Waals surface area contributed by atoms with E-state index in [9.17, 15) is 15.0 Å². The molecule has 0 aliphatic carbocycles. The Hall–Kier alpha value is -1.49. The maximum atomic E-state index is 14.0. The largest absolute Gasteiger partial charge is 0.459 e. The van der Waals surface area contributed by atoms with Gasteiger partial charge in [-0.25, -0.2) is 0 Å². The van der Waals surface area contributed by atoms with Gasteiger partial charge in [0, 0.05) is 38.2 Å². The second-order valence-corrected chi connectivity index (χ2v) is 18.5. The van der Waals surface area contributed by atoms with Gasteiger partial charge in [-0.2, -0.15) is 0 Å². The average Bonchev–Trinajstić information content (AvgIpc) is 3.74. The second-order valence-electron chi connectivity index (χ2n) is 18.5. The molecule has 1 spiro atoms. The van der Waals surface area contributed by atoms with E-state index < -0.39 is 48.5 Å². The first-order chi connectivity index (χ1) is 26.5. The summed E-state index contributed by atoms with van der Waals surface area (Å²) in [6.45, 7) is 13.1. The summed E-state index contributed by atoms with van der Waals surface area (Å²) in [6.07, 6.45) is 2.38. The summed E-state index contributed by atoms with van der Waals surface area (Å²) in [5.41, 5.74) is 2.14. The van der Waals surface area contributed by atoms with Crippen LogP contribution in [0.1, 0.15) is 97.3 Å². The highest BCUT2D eigenvalue weighted by atomic mass is 16.8. The van der Waals surface area contributed by atoms with Crippen LogP contribution in [-0.4, -0.2) is 138 Å². The molecule has 0 aromatic heterocycles. The number of aliphatic hydroxyl groups excluding tert-OH is 2. The van der Waals surface area contributed by atoms with E-state index in [2.05, 4.69) is 20.1 Å². The number of esters is 1. The van der Waals surface area contributed by atoms with Crippen molar-refractivity contribution in [3.05, 3.63) is 24.3 Å². The fraction of sp³-hybridized carbons (Fsp3) is 0.881. The topological polar surface area (TPSA) is 150 Å². The van der Waals surface area contributed by atoms with Gasteiger partial charge >= 0.3 is 5.97 Å². The van der Waals surface area contributed by atoms with Crippen LogP contribution in [-0.2, 0) is 52.2 Å². The smallest absolute Gasteiger partial charge is 0.308 e. The van der Waals surface area contributed by atoms with Crippen molar-refractivity contribution < 1.29 is 62.4 Å². The molecule has 55 heavy (non-hydrogen) atoms. The maximum absolute atomic E-state index is 14.0. The van der Waals surface area contributed by atoms with Crippen molar-refractivity contribution in [3.63, 3.8) is 0 Å². The monoisotopic (exact) mass is 772 g/mol. The molecular weight excluding hydrogens is 712 g/mol. The third-order valence-corrected chi connectivity index (χ3v) is 14.8. The molecule has 12 bridgehead atoms. The molecule has 11 rings (SSSR count). The maximum Gasteiger partial charge on any atom is 0.308 e. The number of rotatable bonds is 2. The first-order valence-electron chi connectivity index (χ1n) is 21.3. The Labute approximate surface area is 323 Å². The SMILES string of the molecule is C=C1C(C)CC2CC[C@@H]3OC(CC[C@@]45CC6OC7C(O4)[C@H]4OC(CCC4O[C@H]7C6O5)CC(=O)OC4[C@@H](C)C5OC(CCO)C(O)CC5O[C@H]4CC1O2)CC3=C. The zero-order chi connectivity index (χ0) is 37.7. The highest BCUT2D eigenvalue weighted by Crippen LogP contribution is 2.54. The summed E-state index contributed by atoms with van der Waals surface area (Å²) in [4.78, 5) is 14.0. The molecule has 0 radical (unpaired) electrons. The molecule has 15 unspecified atom stereocenters. The van der Waals surface area contributed by atoms with Crippen LogP contribution in [0.4, 0.5) is 0 Å². The van der Waals surface area contributed by atoms with E-state index in [4.69, 9.17) is 47.4 Å². The first-order valence-corrected chi connectivity index (χ1v) is 21.3. The van der Waals surface area contributed by atoms with Crippen LogP contribution in [0.5, 0.6) is 0 Å². The normalized spacial score (nSPS) is 54.9. The third kappa shape index (κ3) is 6.79. The van der Waals surface area contributed by atoms with Crippen molar-refractivity contribution in [1.82, 2.24) is 0 Å². The number of ether oxygens (including phenoxy) is 10. The van der Waals surface area contributed by atoms with Crippen molar-refractivity contribution in [3.8, 4) is 0 Å². The minimum atomic E-state index is -0.808. The Bertz CT molecular complexity index is 1490. The zero-order valence-corrected chi connectivity index (χ0v) is 32.2. The molecule has 0 aromatic rings. The fourth-order valence-corrected chi connectivity index (χ4v) is 11.9. The van der Waals surface area contributed by atoms with Crippen molar-refractivity contribution >= 4 is 5.97 Å². The van der Waals surface area contributed by atoms with Crippen LogP contribution in [0.2, 0.25) is 0 Å². The molecule has 0 amide bonds. The summed E-state index contributed by atoms with van der Waals surface area (Å²) in [7, 11) is 0. The van der Waals surface area contributed by atoms with E-state index in [1.807, 2.05) is 6.92 Å². The lowest BCUT2D eigenvalue weighted by Gasteiger charge is -2.51. The van der Waals surface area contributed by atoms with Crippen LogP contribution >= 0.6 is 0 Å². The van der Waals surface area contributed by atoms with E-state index in [1.165, 1.54) is 0 Å². The van der Waals surface area contributed by atoms with Crippen molar-refractivity contribution in [2.75, 3.05) is 6.61 Å². The molecule has 11 aliphatic heterocycles. The van der Waals surface area contributed by atoms with Crippen molar-refractivity contribution in [1.29, 1.82) is 0 Å². The standard InChI is InChI=1S/C42H60O13/c1-19-13-23-5-7-27-20(2)14-25(46-27)9-11-42-18-33-38(54-42)39-40(52-33)41(55-42)37-29(51-39)8-6-24(48-37)15-34(45)53-36-22(4)35-31(16-26(44)28(50-35)10-12-43)49-32(36)17-30(47-23)21(19)3/h19,22-33,35-41,43-44H,2-3,5-18H2,1,4H3/t19?,22-,23?,24?,25?,26?,27-,28?,29?,30?,31?,32-,33?,35?,36?,37-,38?,39-,40?,41?,42-/m0/s1. The van der Waals surface area contributed by atoms with Gasteiger partial charge in [0.1, 0.15) is 36.6 Å². The van der Waals surface area contributed by atoms with E-state index >= 15 is 0 Å². The predicted octanol–water partition coefficient (Wildman–Crippen LogP) is 3.59. The van der Waals surface area contributed by atoms with Crippen LogP contribution in [0, 0.1) is 11.8 Å². The summed E-state index contributed by atoms with van der Waals surface area (Å²) in [5.74, 6) is -1.18. The Morgan fingerprint density at radius 3 is 2.27 bits per heavy atom. The molecule has 11 fully saturated rings. The molecule has 11 heterocycles. The zero-order valence-electron chi connectivity index (χ0n) is 32.2. The molecule has 306 valence electrons. The second kappa shape index (κ2) is 14.7. The van der Waals surface area contributed by atoms with Gasteiger partial charge in [0.25, 0.3) is 0 Å². The summed E-state index contributed by atoms with van der Waals surface area (Å²) >= 11 is 0. The average molecular weight is 773 g/mol. The molecular formula is C42H60O13. The number of carbonyl (C=O) groups is 1. The van der Waals surface area contributed by atoms with E-state index in [0.717, 1.165) is 49.7 Å². The van der Waals surface area contributed by atoms with E-state index in [1.54, 1.807) is 0 Å². The Kier molecular flexibility index (Phi) is 10.1. The van der Waals surface area contributed by atoms with Gasteiger partial charge in [-0.15, -0.1) is 0 Å². The van der Waals surface area contributed by atoms with E-state index in [0.29, 0.717) is 38.5 Å². The number of hydrogen-bond donors (Lipinski definition) is 2. The molecule has 21 atom stereocenters. The highest BCUT2D eigenvalue weighted by molar-refractivity contribution is 5.70. The van der Waals surface area contributed by atoms with Crippen LogP contribution < -0.4 is 0 Å². The minimum absolute atomic E-state index is 0.00281. The summed E-state index contributed by atoms with van der Waals surface area (Å²) in [5, 5.41) is 20.6. The lowest BCUT2D eigenvalue weighted by molar-refractivity contribution is -0.293. The molecule has 0 aromatic carbocycles. The van der Waals surface area contributed by atoms with Crippen LogP contribution in [0.25, 0.3) is 0 Å². The number of carbonyl (C=O) groups excluding carboxylic acids is 1. The number of hydrogen-bond acceptors (Lipinski definition) is 13. The lowest BCUT2D eigenvalue weighted by Crippen LogP contribution is -2.62. The van der Waals surface area contributed by atoms with Crippen LogP contribution in [0.15, 0.2) is 24.3 Å². The van der Waals surface area contributed by atoms with Crippen molar-refractivity contribution in [2.45, 2.75) is 213 Å². The predicted molar refractivity (Wildman–Crippen MR) is 193 cm³/mol. The molecule has 11 aliphatic rings. The van der Waals surface area contributed by atoms with Gasteiger partial charge in [0.2, 0.25) is 0 Å². The molecule has 13 nitrogen and oxygen atoms in total. The number of aliphatic hydroxyl groups is 2. The minimum Gasteiger partial charge on any atom is -0.459 e. The van der Waals surface area contributed by atoms with Gasteiger partial charge in [-0.3, -0.25) is 4.79 Å². The molecule has 0 saturated carbocycles. The third-order valence-electron chi connectivity index (χ3n) is 14.8. The first kappa shape index (κ1) is 37.8. The summed E-state index contributed by atoms with van der Waals surface area (Å²) < 4.78 is 66.9. The molecule has 11 saturated heterocycles. The Balaban J connectivity index is 0.934. The Morgan fingerprint density at radius 1 is 0.673 bits per heavy atom. The van der Waals surface area contributed by atoms with Crippen LogP contribution in [0.3, 0.4) is 0 Å². The molecule has 2 N–H and O–H groups in total. The van der Waals surface area contributed by atoms with Gasteiger partial charge in [-0.05, 0) is 68.4 Å². The van der Waals surface area contributed by atoms with Gasteiger partial charge < -0.3 is 57.6 Å².